The summed E-state index contributed by atoms with van der Waals surface area (Å²) in [5.41, 5.74) is 0. The van der Waals surface area contributed by atoms with Crippen molar-refractivity contribution in [1.82, 2.24) is 14.5 Å². The number of carbonyl (C=O) groups excluding carboxylic acids is 1. The van der Waals surface area contributed by atoms with E-state index in [1.165, 1.54) is 0 Å². The van der Waals surface area contributed by atoms with Gasteiger partial charge in [0.25, 0.3) is 0 Å². The summed E-state index contributed by atoms with van der Waals surface area (Å²) in [5, 5.41) is 0. The molecule has 3 heterocycles. The van der Waals surface area contributed by atoms with Gasteiger partial charge in [-0.3, -0.25) is 9.69 Å². The minimum Gasteiger partial charge on any atom is -0.465 e. The van der Waals surface area contributed by atoms with Crippen LogP contribution in [0.5, 0.6) is 0 Å². The number of nitrogens with zero attached hydrogens (tertiary/aromatic N) is 3. The molecule has 0 spiro atoms. The lowest BCUT2D eigenvalue weighted by Gasteiger charge is -2.31. The number of ketones is 1. The molecule has 1 aliphatic heterocycles. The van der Waals surface area contributed by atoms with Crippen LogP contribution in [0, 0.1) is 12.8 Å². The Morgan fingerprint density at radius 1 is 1.48 bits per heavy atom. The van der Waals surface area contributed by atoms with Gasteiger partial charge in [-0.05, 0) is 38.4 Å². The monoisotopic (exact) mass is 287 g/mol. The Morgan fingerprint density at radius 2 is 2.33 bits per heavy atom. The summed E-state index contributed by atoms with van der Waals surface area (Å²) >= 11 is 0. The number of aryl methyl sites for hydroxylation is 2. The maximum absolute atomic E-state index is 12.6. The summed E-state index contributed by atoms with van der Waals surface area (Å²) in [5.74, 6) is 2.66. The molecule has 1 aliphatic rings. The van der Waals surface area contributed by atoms with Crippen molar-refractivity contribution in [2.24, 2.45) is 13.0 Å². The second kappa shape index (κ2) is 5.85. The molecular formula is C16H21N3O2. The molecule has 1 fully saturated rings. The first-order valence-electron chi connectivity index (χ1n) is 7.42. The first-order chi connectivity index (χ1) is 10.1. The molecule has 0 bridgehead atoms. The van der Waals surface area contributed by atoms with Gasteiger partial charge in [0, 0.05) is 31.9 Å². The quantitative estimate of drug-likeness (QED) is 0.810. The molecule has 5 heteroatoms. The molecule has 0 radical (unpaired) electrons. The number of Topliss-reactive ketones (excluding diaryl/α,β-unsaturated/α-hetero) is 1. The molecule has 2 aromatic rings. The fourth-order valence-corrected chi connectivity index (χ4v) is 2.99. The molecule has 0 N–H and O–H groups in total. The molecule has 0 saturated carbocycles. The highest BCUT2D eigenvalue weighted by Gasteiger charge is 2.28. The minimum absolute atomic E-state index is 0.0379. The van der Waals surface area contributed by atoms with Crippen LogP contribution in [0.15, 0.2) is 28.9 Å². The van der Waals surface area contributed by atoms with Crippen molar-refractivity contribution in [2.45, 2.75) is 26.3 Å². The van der Waals surface area contributed by atoms with E-state index in [0.717, 1.165) is 44.0 Å². The summed E-state index contributed by atoms with van der Waals surface area (Å²) in [4.78, 5) is 19.0. The topological polar surface area (TPSA) is 51.3 Å². The molecule has 112 valence electrons. The van der Waals surface area contributed by atoms with E-state index in [0.29, 0.717) is 5.82 Å². The van der Waals surface area contributed by atoms with Crippen LogP contribution in [0.4, 0.5) is 0 Å². The molecule has 1 unspecified atom stereocenters. The first-order valence-corrected chi connectivity index (χ1v) is 7.42. The van der Waals surface area contributed by atoms with Crippen LogP contribution in [0.25, 0.3) is 0 Å². The zero-order chi connectivity index (χ0) is 14.8. The molecule has 5 nitrogen and oxygen atoms in total. The highest BCUT2D eigenvalue weighted by Crippen LogP contribution is 2.22. The summed E-state index contributed by atoms with van der Waals surface area (Å²) in [6.45, 7) is 4.53. The van der Waals surface area contributed by atoms with E-state index < -0.39 is 0 Å². The highest BCUT2D eigenvalue weighted by atomic mass is 16.3. The van der Waals surface area contributed by atoms with Crippen molar-refractivity contribution in [3.63, 3.8) is 0 Å². The number of rotatable bonds is 4. The number of likely N-dealkylation sites (tertiary alicyclic amines) is 1. The Morgan fingerprint density at radius 3 is 3.00 bits per heavy atom. The lowest BCUT2D eigenvalue weighted by molar-refractivity contribution is 0.0788. The van der Waals surface area contributed by atoms with Crippen molar-refractivity contribution >= 4 is 5.78 Å². The molecule has 3 rings (SSSR count). The van der Waals surface area contributed by atoms with Crippen molar-refractivity contribution in [3.8, 4) is 0 Å². The van der Waals surface area contributed by atoms with Crippen molar-refractivity contribution in [2.75, 3.05) is 13.1 Å². The molecule has 2 aromatic heterocycles. The van der Waals surface area contributed by atoms with Gasteiger partial charge in [0.15, 0.2) is 5.82 Å². The average molecular weight is 287 g/mol. The summed E-state index contributed by atoms with van der Waals surface area (Å²) in [6, 6.07) is 4.00. The van der Waals surface area contributed by atoms with Crippen LogP contribution in [0.3, 0.4) is 0 Å². The molecule has 0 aromatic carbocycles. The van der Waals surface area contributed by atoms with E-state index in [2.05, 4.69) is 9.88 Å². The number of hydrogen-bond donors (Lipinski definition) is 0. The van der Waals surface area contributed by atoms with Crippen LogP contribution in [0.2, 0.25) is 0 Å². The van der Waals surface area contributed by atoms with E-state index >= 15 is 0 Å². The molecule has 0 amide bonds. The Labute approximate surface area is 124 Å². The number of carbonyl (C=O) groups is 1. The fraction of sp³-hybridized carbons (Fsp3) is 0.500. The Balaban J connectivity index is 1.65. The zero-order valence-corrected chi connectivity index (χ0v) is 12.6. The summed E-state index contributed by atoms with van der Waals surface area (Å²) in [7, 11) is 1.87. The second-order valence-corrected chi connectivity index (χ2v) is 5.81. The predicted molar refractivity (Wildman–Crippen MR) is 79.0 cm³/mol. The number of hydrogen-bond acceptors (Lipinski definition) is 4. The van der Waals surface area contributed by atoms with E-state index in [-0.39, 0.29) is 11.7 Å². The van der Waals surface area contributed by atoms with Crippen molar-refractivity contribution < 1.29 is 9.21 Å². The van der Waals surface area contributed by atoms with Gasteiger partial charge in [0.2, 0.25) is 5.78 Å². The molecular weight excluding hydrogens is 266 g/mol. The van der Waals surface area contributed by atoms with Gasteiger partial charge in [-0.25, -0.2) is 4.98 Å². The first kappa shape index (κ1) is 14.1. The van der Waals surface area contributed by atoms with E-state index in [1.54, 1.807) is 10.8 Å². The average Bonchev–Trinajstić information content (AvgIpc) is 3.07. The summed E-state index contributed by atoms with van der Waals surface area (Å²) in [6.07, 6.45) is 5.48. The molecule has 1 saturated heterocycles. The molecule has 0 aliphatic carbocycles. The molecule has 21 heavy (non-hydrogen) atoms. The highest BCUT2D eigenvalue weighted by molar-refractivity contribution is 5.94. The third-order valence-corrected chi connectivity index (χ3v) is 4.09. The van der Waals surface area contributed by atoms with Crippen LogP contribution in [0.1, 0.15) is 35.0 Å². The number of furan rings is 1. The Bertz CT molecular complexity index is 629. The second-order valence-electron chi connectivity index (χ2n) is 5.81. The zero-order valence-electron chi connectivity index (χ0n) is 12.6. The van der Waals surface area contributed by atoms with Crippen LogP contribution < -0.4 is 0 Å². The summed E-state index contributed by atoms with van der Waals surface area (Å²) < 4.78 is 7.43. The van der Waals surface area contributed by atoms with Crippen LogP contribution >= 0.6 is 0 Å². The largest absolute Gasteiger partial charge is 0.465 e. The van der Waals surface area contributed by atoms with E-state index in [4.69, 9.17) is 4.42 Å². The van der Waals surface area contributed by atoms with Gasteiger partial charge in [-0.15, -0.1) is 0 Å². The third-order valence-electron chi connectivity index (χ3n) is 4.09. The van der Waals surface area contributed by atoms with Crippen molar-refractivity contribution in [3.05, 3.63) is 41.9 Å². The Kier molecular flexibility index (Phi) is 3.92. The lowest BCUT2D eigenvalue weighted by atomic mass is 9.93. The maximum atomic E-state index is 12.6. The van der Waals surface area contributed by atoms with Gasteiger partial charge >= 0.3 is 0 Å². The SMILES string of the molecule is Cc1ccc(CN2CCCC(C(=O)c3nccn3C)C2)o1. The third kappa shape index (κ3) is 3.08. The van der Waals surface area contributed by atoms with E-state index in [9.17, 15) is 4.79 Å². The van der Waals surface area contributed by atoms with Gasteiger partial charge in [-0.1, -0.05) is 0 Å². The van der Waals surface area contributed by atoms with E-state index in [1.807, 2.05) is 32.3 Å². The van der Waals surface area contributed by atoms with Crippen molar-refractivity contribution in [1.29, 1.82) is 0 Å². The smallest absolute Gasteiger partial charge is 0.202 e. The predicted octanol–water partition coefficient (Wildman–Crippen LogP) is 2.42. The van der Waals surface area contributed by atoms with Gasteiger partial charge < -0.3 is 8.98 Å². The van der Waals surface area contributed by atoms with Gasteiger partial charge in [0.1, 0.15) is 11.5 Å². The number of aromatic nitrogens is 2. The molecule has 1 atom stereocenters. The van der Waals surface area contributed by atoms with Crippen LogP contribution in [-0.2, 0) is 13.6 Å². The lowest BCUT2D eigenvalue weighted by Crippen LogP contribution is -2.38. The Hall–Kier alpha value is -1.88. The van der Waals surface area contributed by atoms with Gasteiger partial charge in [0.05, 0.1) is 6.54 Å². The standard InChI is InChI=1S/C16H21N3O2/c1-12-5-6-14(21-12)11-19-8-3-4-13(10-19)15(20)16-17-7-9-18(16)2/h5-7,9,13H,3-4,8,10-11H2,1-2H3. The fourth-order valence-electron chi connectivity index (χ4n) is 2.99. The minimum atomic E-state index is 0.0379. The van der Waals surface area contributed by atoms with Gasteiger partial charge in [-0.2, -0.15) is 0 Å². The van der Waals surface area contributed by atoms with Crippen LogP contribution in [-0.4, -0.2) is 33.3 Å². The normalized spacial score (nSPS) is 19.8. The number of imidazole rings is 1. The number of piperidine rings is 1. The maximum Gasteiger partial charge on any atom is 0.202 e.